The third-order valence-electron chi connectivity index (χ3n) is 4.53. The van der Waals surface area contributed by atoms with E-state index < -0.39 is 0 Å². The van der Waals surface area contributed by atoms with Crippen molar-refractivity contribution < 1.29 is 19.0 Å². The number of aryl methyl sites for hydroxylation is 1. The molecular weight excluding hydrogens is 336 g/mol. The SMILES string of the molecule is CCn1ncnc1[C@H](NC(=O)c1cc(OC)c(OC)c(OC)c1)C1CC1. The molecule has 1 aromatic carbocycles. The number of carbonyl (C=O) groups excluding carboxylic acids is 1. The summed E-state index contributed by atoms with van der Waals surface area (Å²) >= 11 is 0. The Kier molecular flexibility index (Phi) is 5.29. The molecular formula is C18H24N4O4. The molecule has 8 heteroatoms. The topological polar surface area (TPSA) is 87.5 Å². The third kappa shape index (κ3) is 3.44. The quantitative estimate of drug-likeness (QED) is 0.777. The number of nitrogens with zero attached hydrogens (tertiary/aromatic N) is 3. The lowest BCUT2D eigenvalue weighted by atomic mass is 10.1. The minimum absolute atomic E-state index is 0.163. The van der Waals surface area contributed by atoms with Crippen molar-refractivity contribution in [1.29, 1.82) is 0 Å². The molecule has 0 aliphatic heterocycles. The zero-order valence-electron chi connectivity index (χ0n) is 15.5. The first-order valence-corrected chi connectivity index (χ1v) is 8.61. The Hall–Kier alpha value is -2.77. The van der Waals surface area contributed by atoms with Gasteiger partial charge in [0.25, 0.3) is 5.91 Å². The average Bonchev–Trinajstić information content (AvgIpc) is 3.41. The monoisotopic (exact) mass is 360 g/mol. The van der Waals surface area contributed by atoms with Crippen molar-refractivity contribution in [3.63, 3.8) is 0 Å². The highest BCUT2D eigenvalue weighted by atomic mass is 16.5. The van der Waals surface area contributed by atoms with E-state index in [1.54, 1.807) is 12.1 Å². The molecule has 0 saturated heterocycles. The Morgan fingerprint density at radius 3 is 2.38 bits per heavy atom. The van der Waals surface area contributed by atoms with Crippen LogP contribution in [-0.4, -0.2) is 42.0 Å². The van der Waals surface area contributed by atoms with E-state index in [0.717, 1.165) is 18.7 Å². The van der Waals surface area contributed by atoms with Gasteiger partial charge in [0.1, 0.15) is 12.2 Å². The van der Waals surface area contributed by atoms with Crippen molar-refractivity contribution in [2.75, 3.05) is 21.3 Å². The maximum Gasteiger partial charge on any atom is 0.252 e. The van der Waals surface area contributed by atoms with E-state index in [4.69, 9.17) is 14.2 Å². The number of carbonyl (C=O) groups is 1. The summed E-state index contributed by atoms with van der Waals surface area (Å²) in [6, 6.07) is 3.13. The van der Waals surface area contributed by atoms with Crippen LogP contribution in [-0.2, 0) is 6.54 Å². The fourth-order valence-electron chi connectivity index (χ4n) is 3.02. The molecule has 0 bridgehead atoms. The Bertz CT molecular complexity index is 760. The second-order valence-electron chi connectivity index (χ2n) is 6.14. The van der Waals surface area contributed by atoms with Crippen LogP contribution >= 0.6 is 0 Å². The molecule has 8 nitrogen and oxygen atoms in total. The first-order valence-electron chi connectivity index (χ1n) is 8.61. The summed E-state index contributed by atoms with van der Waals surface area (Å²) in [6.07, 6.45) is 3.66. The van der Waals surface area contributed by atoms with Gasteiger partial charge in [-0.05, 0) is 37.8 Å². The normalized spacial score (nSPS) is 14.6. The fourth-order valence-corrected chi connectivity index (χ4v) is 3.02. The van der Waals surface area contributed by atoms with E-state index in [1.807, 2.05) is 11.6 Å². The molecule has 0 unspecified atom stereocenters. The van der Waals surface area contributed by atoms with E-state index in [-0.39, 0.29) is 11.9 Å². The largest absolute Gasteiger partial charge is 0.493 e. The second-order valence-corrected chi connectivity index (χ2v) is 6.14. The summed E-state index contributed by atoms with van der Waals surface area (Å²) in [5.74, 6) is 2.29. The highest BCUT2D eigenvalue weighted by molar-refractivity contribution is 5.95. The maximum absolute atomic E-state index is 12.9. The summed E-state index contributed by atoms with van der Waals surface area (Å²) in [5, 5.41) is 7.32. The molecule has 1 fully saturated rings. The van der Waals surface area contributed by atoms with Gasteiger partial charge in [0, 0.05) is 12.1 Å². The molecule has 2 aromatic rings. The molecule has 140 valence electrons. The molecule has 0 spiro atoms. The van der Waals surface area contributed by atoms with Crippen LogP contribution in [0.15, 0.2) is 18.5 Å². The zero-order chi connectivity index (χ0) is 18.7. The van der Waals surface area contributed by atoms with Crippen LogP contribution in [0.25, 0.3) is 0 Å². The van der Waals surface area contributed by atoms with Gasteiger partial charge in [-0.15, -0.1) is 0 Å². The highest BCUT2D eigenvalue weighted by Crippen LogP contribution is 2.41. The van der Waals surface area contributed by atoms with Crippen molar-refractivity contribution in [2.45, 2.75) is 32.4 Å². The van der Waals surface area contributed by atoms with Gasteiger partial charge in [-0.1, -0.05) is 0 Å². The third-order valence-corrected chi connectivity index (χ3v) is 4.53. The molecule has 1 N–H and O–H groups in total. The maximum atomic E-state index is 12.9. The van der Waals surface area contributed by atoms with Crippen molar-refractivity contribution >= 4 is 5.91 Å². The van der Waals surface area contributed by atoms with Crippen LogP contribution in [0.2, 0.25) is 0 Å². The molecule has 3 rings (SSSR count). The minimum atomic E-state index is -0.216. The standard InChI is InChI=1S/C18H24N4O4/c1-5-22-17(19-10-20-22)15(11-6-7-11)21-18(23)12-8-13(24-2)16(26-4)14(9-12)25-3/h8-11,15H,5-7H2,1-4H3,(H,21,23)/t15-/m1/s1. The number of ether oxygens (including phenoxy) is 3. The number of rotatable bonds is 8. The van der Waals surface area contributed by atoms with Crippen molar-refractivity contribution in [1.82, 2.24) is 20.1 Å². The summed E-state index contributed by atoms with van der Waals surface area (Å²) < 4.78 is 17.8. The van der Waals surface area contributed by atoms with Gasteiger partial charge in [-0.25, -0.2) is 9.67 Å². The molecule has 1 aliphatic carbocycles. The van der Waals surface area contributed by atoms with Crippen LogP contribution in [0.5, 0.6) is 17.2 Å². The lowest BCUT2D eigenvalue weighted by molar-refractivity contribution is 0.0927. The van der Waals surface area contributed by atoms with Gasteiger partial charge in [0.15, 0.2) is 11.5 Å². The zero-order valence-corrected chi connectivity index (χ0v) is 15.5. The van der Waals surface area contributed by atoms with E-state index >= 15 is 0 Å². The van der Waals surface area contributed by atoms with Crippen LogP contribution in [0.4, 0.5) is 0 Å². The Labute approximate surface area is 152 Å². The van der Waals surface area contributed by atoms with Crippen molar-refractivity contribution in [2.24, 2.45) is 5.92 Å². The first-order chi connectivity index (χ1) is 12.6. The van der Waals surface area contributed by atoms with Crippen LogP contribution in [0, 0.1) is 5.92 Å². The summed E-state index contributed by atoms with van der Waals surface area (Å²) in [6.45, 7) is 2.71. The van der Waals surface area contributed by atoms with Gasteiger partial charge in [0.05, 0.1) is 27.4 Å². The second kappa shape index (κ2) is 7.63. The predicted molar refractivity (Wildman–Crippen MR) is 94.7 cm³/mol. The van der Waals surface area contributed by atoms with E-state index in [0.29, 0.717) is 35.3 Å². The van der Waals surface area contributed by atoms with Crippen molar-refractivity contribution in [3.05, 3.63) is 29.8 Å². The number of benzene rings is 1. The number of amides is 1. The van der Waals surface area contributed by atoms with E-state index in [2.05, 4.69) is 15.4 Å². The van der Waals surface area contributed by atoms with Gasteiger partial charge >= 0.3 is 0 Å². The molecule has 26 heavy (non-hydrogen) atoms. The van der Waals surface area contributed by atoms with E-state index in [1.165, 1.54) is 27.7 Å². The van der Waals surface area contributed by atoms with Gasteiger partial charge in [-0.3, -0.25) is 4.79 Å². The number of hydrogen-bond donors (Lipinski definition) is 1. The van der Waals surface area contributed by atoms with E-state index in [9.17, 15) is 4.79 Å². The summed E-state index contributed by atoms with van der Waals surface area (Å²) in [7, 11) is 4.58. The molecule has 1 aromatic heterocycles. The Balaban J connectivity index is 1.89. The lowest BCUT2D eigenvalue weighted by Gasteiger charge is -2.19. The summed E-state index contributed by atoms with van der Waals surface area (Å²) in [5.41, 5.74) is 0.438. The van der Waals surface area contributed by atoms with Gasteiger partial charge < -0.3 is 19.5 Å². The molecule has 1 amide bonds. The Morgan fingerprint density at radius 2 is 1.88 bits per heavy atom. The molecule has 1 atom stereocenters. The van der Waals surface area contributed by atoms with Gasteiger partial charge in [0.2, 0.25) is 5.75 Å². The lowest BCUT2D eigenvalue weighted by Crippen LogP contribution is -2.32. The molecule has 1 heterocycles. The predicted octanol–water partition coefficient (Wildman–Crippen LogP) is 2.20. The molecule has 1 aliphatic rings. The average molecular weight is 360 g/mol. The van der Waals surface area contributed by atoms with Crippen molar-refractivity contribution in [3.8, 4) is 17.2 Å². The minimum Gasteiger partial charge on any atom is -0.493 e. The van der Waals surface area contributed by atoms with Crippen LogP contribution in [0.3, 0.4) is 0 Å². The number of nitrogens with one attached hydrogen (secondary N) is 1. The number of aromatic nitrogens is 3. The smallest absolute Gasteiger partial charge is 0.252 e. The van der Waals surface area contributed by atoms with Gasteiger partial charge in [-0.2, -0.15) is 5.10 Å². The molecule has 1 saturated carbocycles. The summed E-state index contributed by atoms with van der Waals surface area (Å²) in [4.78, 5) is 17.3. The first kappa shape index (κ1) is 18.0. The van der Waals surface area contributed by atoms with Crippen LogP contribution in [0.1, 0.15) is 42.0 Å². The number of hydrogen-bond acceptors (Lipinski definition) is 6. The molecule has 0 radical (unpaired) electrons. The Morgan fingerprint density at radius 1 is 1.23 bits per heavy atom. The number of methoxy groups -OCH3 is 3. The van der Waals surface area contributed by atoms with Crippen LogP contribution < -0.4 is 19.5 Å². The highest BCUT2D eigenvalue weighted by Gasteiger charge is 2.36. The fraction of sp³-hybridized carbons (Fsp3) is 0.500.